The minimum atomic E-state index is -0.386. The van der Waals surface area contributed by atoms with Crippen molar-refractivity contribution in [2.75, 3.05) is 0 Å². The largest absolute Gasteiger partial charge is 0.406 e. The number of nitrogens with zero attached hydrogens (tertiary/aromatic N) is 2. The number of aromatic nitrogens is 2. The van der Waals surface area contributed by atoms with E-state index in [2.05, 4.69) is 14.9 Å². The van der Waals surface area contributed by atoms with E-state index in [0.29, 0.717) is 0 Å². The van der Waals surface area contributed by atoms with Crippen molar-refractivity contribution < 1.29 is 9.53 Å². The van der Waals surface area contributed by atoms with Crippen LogP contribution >= 0.6 is 0 Å². The maximum Gasteiger partial charge on any atom is 0.309 e. The molecular formula is C7H8N2O2. The summed E-state index contributed by atoms with van der Waals surface area (Å²) in [5.41, 5.74) is 0.793. The average molecular weight is 152 g/mol. The smallest absolute Gasteiger partial charge is 0.309 e. The van der Waals surface area contributed by atoms with Crippen LogP contribution in [0.1, 0.15) is 12.6 Å². The summed E-state index contributed by atoms with van der Waals surface area (Å²) in [5.74, 6) is -0.147. The van der Waals surface area contributed by atoms with Crippen molar-refractivity contribution in [2.24, 2.45) is 0 Å². The highest BCUT2D eigenvalue weighted by Crippen LogP contribution is 2.03. The fourth-order valence-electron chi connectivity index (χ4n) is 0.588. The Morgan fingerprint density at radius 2 is 2.18 bits per heavy atom. The van der Waals surface area contributed by atoms with Crippen LogP contribution in [0.15, 0.2) is 12.1 Å². The summed E-state index contributed by atoms with van der Waals surface area (Å²) in [6.07, 6.45) is 0. The molecule has 0 saturated carbocycles. The van der Waals surface area contributed by atoms with Crippen LogP contribution in [0.5, 0.6) is 5.88 Å². The van der Waals surface area contributed by atoms with Crippen LogP contribution in [0.4, 0.5) is 0 Å². The first-order valence-corrected chi connectivity index (χ1v) is 3.17. The molecule has 0 N–H and O–H groups in total. The van der Waals surface area contributed by atoms with Crippen LogP contribution in [-0.4, -0.2) is 16.2 Å². The van der Waals surface area contributed by atoms with Gasteiger partial charge in [0.15, 0.2) is 0 Å². The summed E-state index contributed by atoms with van der Waals surface area (Å²) in [6.45, 7) is 3.13. The molecule has 0 aliphatic rings. The summed E-state index contributed by atoms with van der Waals surface area (Å²) in [4.78, 5) is 10.4. The molecule has 0 radical (unpaired) electrons. The van der Waals surface area contributed by atoms with E-state index < -0.39 is 0 Å². The van der Waals surface area contributed by atoms with Gasteiger partial charge in [-0.2, -0.15) is 5.10 Å². The van der Waals surface area contributed by atoms with Crippen LogP contribution < -0.4 is 4.74 Å². The number of carbonyl (C=O) groups excluding carboxylic acids is 1. The minimum absolute atomic E-state index is 0.239. The third kappa shape index (κ3) is 2.33. The Morgan fingerprint density at radius 3 is 2.64 bits per heavy atom. The molecule has 58 valence electrons. The van der Waals surface area contributed by atoms with E-state index in [1.54, 1.807) is 12.1 Å². The SMILES string of the molecule is CC(=O)Oc1ccc(C)nn1. The molecule has 0 aliphatic carbocycles. The summed E-state index contributed by atoms with van der Waals surface area (Å²) >= 11 is 0. The maximum absolute atomic E-state index is 10.4. The molecule has 1 aromatic rings. The number of carbonyl (C=O) groups is 1. The second-order valence-corrected chi connectivity index (χ2v) is 2.11. The van der Waals surface area contributed by atoms with Crippen LogP contribution in [0, 0.1) is 6.92 Å². The molecule has 0 atom stereocenters. The zero-order valence-electron chi connectivity index (χ0n) is 6.37. The van der Waals surface area contributed by atoms with E-state index in [9.17, 15) is 4.79 Å². The lowest BCUT2D eigenvalue weighted by atomic mass is 10.4. The molecule has 0 saturated heterocycles. The van der Waals surface area contributed by atoms with Crippen LogP contribution in [0.2, 0.25) is 0 Å². The monoisotopic (exact) mass is 152 g/mol. The molecule has 11 heavy (non-hydrogen) atoms. The molecular weight excluding hydrogens is 144 g/mol. The van der Waals surface area contributed by atoms with Crippen molar-refractivity contribution in [1.82, 2.24) is 10.2 Å². The second kappa shape index (κ2) is 3.09. The van der Waals surface area contributed by atoms with Gasteiger partial charge in [-0.1, -0.05) is 0 Å². The van der Waals surface area contributed by atoms with Gasteiger partial charge in [0.05, 0.1) is 5.69 Å². The summed E-state index contributed by atoms with van der Waals surface area (Å²) in [5, 5.41) is 7.33. The predicted octanol–water partition coefficient (Wildman–Crippen LogP) is 0.710. The predicted molar refractivity (Wildman–Crippen MR) is 38.1 cm³/mol. The van der Waals surface area contributed by atoms with E-state index in [0.717, 1.165) is 5.69 Å². The number of rotatable bonds is 1. The van der Waals surface area contributed by atoms with Crippen molar-refractivity contribution >= 4 is 5.97 Å². The van der Waals surface area contributed by atoms with Gasteiger partial charge in [0.25, 0.3) is 0 Å². The topological polar surface area (TPSA) is 52.1 Å². The van der Waals surface area contributed by atoms with Crippen LogP contribution in [0.25, 0.3) is 0 Å². The highest BCUT2D eigenvalue weighted by molar-refractivity contribution is 5.68. The fraction of sp³-hybridized carbons (Fsp3) is 0.286. The van der Waals surface area contributed by atoms with Crippen molar-refractivity contribution in [3.63, 3.8) is 0 Å². The first-order valence-electron chi connectivity index (χ1n) is 3.17. The summed E-state index contributed by atoms with van der Waals surface area (Å²) in [6, 6.07) is 3.33. The van der Waals surface area contributed by atoms with Gasteiger partial charge in [-0.25, -0.2) is 0 Å². The summed E-state index contributed by atoms with van der Waals surface area (Å²) < 4.78 is 4.66. The summed E-state index contributed by atoms with van der Waals surface area (Å²) in [7, 11) is 0. The average Bonchev–Trinajstić information content (AvgIpc) is 1.93. The third-order valence-electron chi connectivity index (χ3n) is 1.02. The van der Waals surface area contributed by atoms with Gasteiger partial charge in [-0.3, -0.25) is 4.79 Å². The van der Waals surface area contributed by atoms with E-state index in [1.165, 1.54) is 6.92 Å². The lowest BCUT2D eigenvalue weighted by molar-refractivity contribution is -0.132. The van der Waals surface area contributed by atoms with Crippen LogP contribution in [0.3, 0.4) is 0 Å². The molecule has 4 nitrogen and oxygen atoms in total. The fourth-order valence-corrected chi connectivity index (χ4v) is 0.588. The Balaban J connectivity index is 2.74. The maximum atomic E-state index is 10.4. The zero-order valence-corrected chi connectivity index (χ0v) is 6.37. The van der Waals surface area contributed by atoms with Gasteiger partial charge < -0.3 is 4.74 Å². The number of esters is 1. The normalized spacial score (nSPS) is 9.27. The molecule has 1 aromatic heterocycles. The molecule has 0 amide bonds. The van der Waals surface area contributed by atoms with Gasteiger partial charge in [0, 0.05) is 13.0 Å². The van der Waals surface area contributed by atoms with Crippen molar-refractivity contribution in [2.45, 2.75) is 13.8 Å². The highest BCUT2D eigenvalue weighted by Gasteiger charge is 1.97. The first-order chi connectivity index (χ1) is 5.18. The van der Waals surface area contributed by atoms with E-state index in [1.807, 2.05) is 6.92 Å². The molecule has 4 heteroatoms. The molecule has 0 fully saturated rings. The van der Waals surface area contributed by atoms with Gasteiger partial charge in [-0.15, -0.1) is 5.10 Å². The molecule has 1 heterocycles. The molecule has 0 aromatic carbocycles. The minimum Gasteiger partial charge on any atom is -0.406 e. The number of aryl methyl sites for hydroxylation is 1. The van der Waals surface area contributed by atoms with Crippen molar-refractivity contribution in [3.8, 4) is 5.88 Å². The molecule has 0 spiro atoms. The van der Waals surface area contributed by atoms with E-state index in [-0.39, 0.29) is 11.8 Å². The van der Waals surface area contributed by atoms with E-state index >= 15 is 0 Å². The Morgan fingerprint density at radius 1 is 1.45 bits per heavy atom. The van der Waals surface area contributed by atoms with Gasteiger partial charge >= 0.3 is 5.97 Å². The van der Waals surface area contributed by atoms with Gasteiger partial charge in [0.2, 0.25) is 5.88 Å². The number of hydrogen-bond donors (Lipinski definition) is 0. The quantitative estimate of drug-likeness (QED) is 0.556. The lowest BCUT2D eigenvalue weighted by Gasteiger charge is -1.97. The van der Waals surface area contributed by atoms with Crippen LogP contribution in [-0.2, 0) is 4.79 Å². The zero-order chi connectivity index (χ0) is 8.27. The Hall–Kier alpha value is -1.45. The standard InChI is InChI=1S/C7H8N2O2/c1-5-3-4-7(9-8-5)11-6(2)10/h3-4H,1-2H3. The van der Waals surface area contributed by atoms with Crippen molar-refractivity contribution in [1.29, 1.82) is 0 Å². The molecule has 0 aliphatic heterocycles. The van der Waals surface area contributed by atoms with Crippen molar-refractivity contribution in [3.05, 3.63) is 17.8 Å². The molecule has 0 bridgehead atoms. The Bertz CT molecular complexity index is 256. The number of hydrogen-bond acceptors (Lipinski definition) is 4. The van der Waals surface area contributed by atoms with Gasteiger partial charge in [-0.05, 0) is 13.0 Å². The molecule has 0 unspecified atom stereocenters. The highest BCUT2D eigenvalue weighted by atomic mass is 16.5. The number of ether oxygens (including phenoxy) is 1. The van der Waals surface area contributed by atoms with Gasteiger partial charge in [0.1, 0.15) is 0 Å². The lowest BCUT2D eigenvalue weighted by Crippen LogP contribution is -2.03. The molecule has 1 rings (SSSR count). The van der Waals surface area contributed by atoms with E-state index in [4.69, 9.17) is 0 Å². The second-order valence-electron chi connectivity index (χ2n) is 2.11. The Kier molecular flexibility index (Phi) is 2.15. The first kappa shape index (κ1) is 7.65. The third-order valence-corrected chi connectivity index (χ3v) is 1.02. The Labute approximate surface area is 64.2 Å².